The van der Waals surface area contributed by atoms with Gasteiger partial charge in [-0.3, -0.25) is 4.79 Å². The predicted octanol–water partition coefficient (Wildman–Crippen LogP) is 3.07. The van der Waals surface area contributed by atoms with Crippen LogP contribution in [0, 0.1) is 0 Å². The minimum atomic E-state index is -0.0131. The zero-order chi connectivity index (χ0) is 17.6. The van der Waals surface area contributed by atoms with E-state index < -0.39 is 0 Å². The highest BCUT2D eigenvalue weighted by atomic mass is 35.5. The van der Waals surface area contributed by atoms with Gasteiger partial charge in [0.1, 0.15) is 5.75 Å². The molecule has 0 saturated carbocycles. The fourth-order valence-electron chi connectivity index (χ4n) is 3.06. The Labute approximate surface area is 159 Å². The van der Waals surface area contributed by atoms with Crippen molar-refractivity contribution in [2.75, 3.05) is 27.2 Å². The Bertz CT molecular complexity index is 846. The number of carbonyl (C=O) groups is 1. The van der Waals surface area contributed by atoms with Crippen molar-refractivity contribution >= 4 is 29.2 Å². The molecule has 0 aliphatic carbocycles. The van der Waals surface area contributed by atoms with Gasteiger partial charge in [-0.1, -0.05) is 30.3 Å². The largest absolute Gasteiger partial charge is 0.497 e. The number of methoxy groups -OCH3 is 1. The third-order valence-electron chi connectivity index (χ3n) is 4.36. The number of aromatic nitrogens is 1. The van der Waals surface area contributed by atoms with E-state index >= 15 is 0 Å². The number of aromatic amines is 1. The average molecular weight is 374 g/mol. The van der Waals surface area contributed by atoms with Crippen molar-refractivity contribution in [3.63, 3.8) is 0 Å². The van der Waals surface area contributed by atoms with Gasteiger partial charge in [0, 0.05) is 29.6 Å². The smallest absolute Gasteiger partial charge is 0.233 e. The number of hydrogen-bond donors (Lipinski definition) is 3. The lowest BCUT2D eigenvalue weighted by Gasteiger charge is -2.18. The molecule has 2 aromatic carbocycles. The summed E-state index contributed by atoms with van der Waals surface area (Å²) < 4.78 is 5.26. The van der Waals surface area contributed by atoms with E-state index in [0.29, 0.717) is 13.1 Å². The monoisotopic (exact) mass is 373 g/mol. The number of benzene rings is 2. The van der Waals surface area contributed by atoms with Crippen LogP contribution in [0.4, 0.5) is 0 Å². The van der Waals surface area contributed by atoms with Crippen LogP contribution in [0.25, 0.3) is 10.9 Å². The summed E-state index contributed by atoms with van der Waals surface area (Å²) in [7, 11) is 3.42. The number of amides is 1. The molecule has 1 heterocycles. The molecule has 0 radical (unpaired) electrons. The first-order valence-electron chi connectivity index (χ1n) is 8.34. The molecule has 0 bridgehead atoms. The zero-order valence-electron chi connectivity index (χ0n) is 14.9. The molecule has 3 rings (SSSR count). The van der Waals surface area contributed by atoms with Crippen molar-refractivity contribution in [3.05, 3.63) is 65.9 Å². The Morgan fingerprint density at radius 2 is 1.88 bits per heavy atom. The van der Waals surface area contributed by atoms with Gasteiger partial charge in [-0.15, -0.1) is 12.4 Å². The van der Waals surface area contributed by atoms with Crippen LogP contribution in [-0.4, -0.2) is 38.1 Å². The summed E-state index contributed by atoms with van der Waals surface area (Å²) >= 11 is 0. The molecule has 1 atom stereocenters. The summed E-state index contributed by atoms with van der Waals surface area (Å²) in [5.41, 5.74) is 3.40. The Balaban J connectivity index is 0.00000243. The van der Waals surface area contributed by atoms with E-state index in [1.165, 1.54) is 10.9 Å². The summed E-state index contributed by atoms with van der Waals surface area (Å²) in [5, 5.41) is 7.07. The molecule has 26 heavy (non-hydrogen) atoms. The van der Waals surface area contributed by atoms with Gasteiger partial charge in [-0.05, 0) is 36.4 Å². The number of hydrogen-bond acceptors (Lipinski definition) is 3. The molecule has 1 aromatic heterocycles. The zero-order valence-corrected chi connectivity index (χ0v) is 15.7. The second-order valence-corrected chi connectivity index (χ2v) is 5.95. The van der Waals surface area contributed by atoms with Crippen LogP contribution in [0.15, 0.2) is 54.7 Å². The van der Waals surface area contributed by atoms with Crippen molar-refractivity contribution in [1.82, 2.24) is 15.6 Å². The maximum atomic E-state index is 11.9. The lowest BCUT2D eigenvalue weighted by atomic mass is 9.91. The van der Waals surface area contributed by atoms with Gasteiger partial charge in [0.2, 0.25) is 5.91 Å². The Morgan fingerprint density at radius 1 is 1.15 bits per heavy atom. The number of para-hydroxylation sites is 1. The molecule has 138 valence electrons. The van der Waals surface area contributed by atoms with Crippen LogP contribution in [0.3, 0.4) is 0 Å². The standard InChI is InChI=1S/C20H23N3O2.ClH/c1-21-13-20(24)23-11-17(14-7-9-15(25-2)10-8-14)18-12-22-19-6-4-3-5-16(18)19;/h3-10,12,17,21-22H,11,13H2,1-2H3,(H,23,24);1H. The third-order valence-corrected chi connectivity index (χ3v) is 4.36. The van der Waals surface area contributed by atoms with Gasteiger partial charge in [-0.25, -0.2) is 0 Å². The Hall–Kier alpha value is -2.50. The quantitative estimate of drug-likeness (QED) is 0.596. The first-order valence-corrected chi connectivity index (χ1v) is 8.34. The van der Waals surface area contributed by atoms with Crippen LogP contribution in [-0.2, 0) is 4.79 Å². The van der Waals surface area contributed by atoms with Crippen molar-refractivity contribution in [1.29, 1.82) is 0 Å². The summed E-state index contributed by atoms with van der Waals surface area (Å²) in [6, 6.07) is 16.2. The molecular formula is C20H24ClN3O2. The number of carbonyl (C=O) groups excluding carboxylic acids is 1. The lowest BCUT2D eigenvalue weighted by molar-refractivity contribution is -0.120. The van der Waals surface area contributed by atoms with Crippen LogP contribution in [0.1, 0.15) is 17.0 Å². The van der Waals surface area contributed by atoms with E-state index in [2.05, 4.69) is 39.9 Å². The Kier molecular flexibility index (Phi) is 7.06. The average Bonchev–Trinajstić information content (AvgIpc) is 3.07. The topological polar surface area (TPSA) is 66.2 Å². The number of fused-ring (bicyclic) bond motifs is 1. The van der Waals surface area contributed by atoms with Gasteiger partial charge >= 0.3 is 0 Å². The van der Waals surface area contributed by atoms with Crippen molar-refractivity contribution in [3.8, 4) is 5.75 Å². The van der Waals surface area contributed by atoms with E-state index in [1.807, 2.05) is 30.5 Å². The fourth-order valence-corrected chi connectivity index (χ4v) is 3.06. The number of ether oxygens (including phenoxy) is 1. The second kappa shape index (κ2) is 9.27. The van der Waals surface area contributed by atoms with Crippen molar-refractivity contribution < 1.29 is 9.53 Å². The molecule has 0 aliphatic heterocycles. The van der Waals surface area contributed by atoms with E-state index in [9.17, 15) is 4.79 Å². The SMILES string of the molecule is CNCC(=O)NCC(c1ccc(OC)cc1)c1c[nH]c2ccccc12.Cl. The van der Waals surface area contributed by atoms with E-state index in [-0.39, 0.29) is 24.2 Å². The normalized spacial score (nSPS) is 11.6. The maximum Gasteiger partial charge on any atom is 0.233 e. The summed E-state index contributed by atoms with van der Waals surface area (Å²) in [5.74, 6) is 0.865. The van der Waals surface area contributed by atoms with Gasteiger partial charge < -0.3 is 20.4 Å². The summed E-state index contributed by atoms with van der Waals surface area (Å²) in [6.07, 6.45) is 2.03. The molecule has 0 saturated heterocycles. The van der Waals surface area contributed by atoms with Crippen molar-refractivity contribution in [2.45, 2.75) is 5.92 Å². The molecule has 0 aliphatic rings. The highest BCUT2D eigenvalue weighted by Crippen LogP contribution is 2.31. The molecule has 3 aromatic rings. The van der Waals surface area contributed by atoms with E-state index in [4.69, 9.17) is 4.74 Å². The lowest BCUT2D eigenvalue weighted by Crippen LogP contribution is -2.35. The molecule has 3 N–H and O–H groups in total. The third kappa shape index (κ3) is 4.36. The minimum absolute atomic E-state index is 0. The Morgan fingerprint density at radius 3 is 2.58 bits per heavy atom. The van der Waals surface area contributed by atoms with Crippen LogP contribution in [0.5, 0.6) is 5.75 Å². The molecule has 0 fully saturated rings. The highest BCUT2D eigenvalue weighted by molar-refractivity contribution is 5.85. The number of nitrogens with one attached hydrogen (secondary N) is 3. The van der Waals surface area contributed by atoms with Gasteiger partial charge in [0.15, 0.2) is 0 Å². The van der Waals surface area contributed by atoms with E-state index in [0.717, 1.165) is 16.8 Å². The van der Waals surface area contributed by atoms with Crippen LogP contribution >= 0.6 is 12.4 Å². The molecular weight excluding hydrogens is 350 g/mol. The molecule has 1 unspecified atom stereocenters. The molecule has 0 spiro atoms. The van der Waals surface area contributed by atoms with E-state index in [1.54, 1.807) is 14.2 Å². The van der Waals surface area contributed by atoms with Crippen LogP contribution in [0.2, 0.25) is 0 Å². The van der Waals surface area contributed by atoms with Gasteiger partial charge in [-0.2, -0.15) is 0 Å². The summed E-state index contributed by atoms with van der Waals surface area (Å²) in [4.78, 5) is 15.2. The van der Waals surface area contributed by atoms with Crippen LogP contribution < -0.4 is 15.4 Å². The summed E-state index contributed by atoms with van der Waals surface area (Å²) in [6.45, 7) is 0.845. The van der Waals surface area contributed by atoms with Gasteiger partial charge in [0.25, 0.3) is 0 Å². The first-order chi connectivity index (χ1) is 12.2. The number of likely N-dealkylation sites (N-methyl/N-ethyl adjacent to an activating group) is 1. The van der Waals surface area contributed by atoms with Crippen molar-refractivity contribution in [2.24, 2.45) is 0 Å². The minimum Gasteiger partial charge on any atom is -0.497 e. The van der Waals surface area contributed by atoms with Gasteiger partial charge in [0.05, 0.1) is 13.7 Å². The number of halogens is 1. The highest BCUT2D eigenvalue weighted by Gasteiger charge is 2.19. The second-order valence-electron chi connectivity index (χ2n) is 5.95. The predicted molar refractivity (Wildman–Crippen MR) is 107 cm³/mol. The fraction of sp³-hybridized carbons (Fsp3) is 0.250. The number of H-pyrrole nitrogens is 1. The maximum absolute atomic E-state index is 11.9. The number of rotatable bonds is 7. The molecule has 5 nitrogen and oxygen atoms in total. The molecule has 1 amide bonds. The molecule has 6 heteroatoms. The first kappa shape index (κ1) is 19.8.